The van der Waals surface area contributed by atoms with Crippen molar-refractivity contribution in [1.82, 2.24) is 20.4 Å². The molecular formula is C21H37N5O. The second kappa shape index (κ2) is 11.8. The molecule has 152 valence electrons. The quantitative estimate of drug-likeness (QED) is 0.509. The zero-order valence-electron chi connectivity index (χ0n) is 17.6. The van der Waals surface area contributed by atoms with Gasteiger partial charge in [0.05, 0.1) is 13.7 Å². The van der Waals surface area contributed by atoms with Crippen LogP contribution in [-0.4, -0.2) is 81.8 Å². The molecule has 0 saturated carbocycles. The molecule has 0 unspecified atom stereocenters. The fourth-order valence-electron chi connectivity index (χ4n) is 3.32. The van der Waals surface area contributed by atoms with Crippen LogP contribution < -0.4 is 15.4 Å². The Bertz CT molecular complexity index is 582. The predicted molar refractivity (Wildman–Crippen MR) is 114 cm³/mol. The molecule has 0 radical (unpaired) electrons. The van der Waals surface area contributed by atoms with Crippen LogP contribution in [0.15, 0.2) is 23.2 Å². The van der Waals surface area contributed by atoms with Crippen molar-refractivity contribution >= 4 is 5.96 Å². The maximum atomic E-state index is 5.41. The number of benzene rings is 1. The van der Waals surface area contributed by atoms with Gasteiger partial charge in [-0.3, -0.25) is 9.89 Å². The molecule has 27 heavy (non-hydrogen) atoms. The van der Waals surface area contributed by atoms with Gasteiger partial charge in [-0.15, -0.1) is 0 Å². The Hall–Kier alpha value is -1.79. The highest BCUT2D eigenvalue weighted by atomic mass is 16.5. The Morgan fingerprint density at radius 1 is 1.11 bits per heavy atom. The zero-order chi connectivity index (χ0) is 19.5. The minimum atomic E-state index is 0.833. The maximum Gasteiger partial charge on any atom is 0.191 e. The fraction of sp³-hybridized carbons (Fsp3) is 0.667. The van der Waals surface area contributed by atoms with Crippen LogP contribution >= 0.6 is 0 Å². The van der Waals surface area contributed by atoms with E-state index in [1.807, 2.05) is 0 Å². The van der Waals surface area contributed by atoms with Gasteiger partial charge >= 0.3 is 0 Å². The van der Waals surface area contributed by atoms with E-state index in [2.05, 4.69) is 59.4 Å². The summed E-state index contributed by atoms with van der Waals surface area (Å²) in [5, 5.41) is 6.79. The van der Waals surface area contributed by atoms with Gasteiger partial charge in [0.15, 0.2) is 5.96 Å². The van der Waals surface area contributed by atoms with Crippen molar-refractivity contribution in [3.8, 4) is 5.75 Å². The molecule has 1 heterocycles. The molecule has 1 aromatic rings. The fourth-order valence-corrected chi connectivity index (χ4v) is 3.32. The summed E-state index contributed by atoms with van der Waals surface area (Å²) in [6.45, 7) is 15.8. The van der Waals surface area contributed by atoms with Gasteiger partial charge < -0.3 is 20.3 Å². The van der Waals surface area contributed by atoms with Gasteiger partial charge in [-0.1, -0.05) is 19.1 Å². The van der Waals surface area contributed by atoms with Crippen LogP contribution in [0, 0.1) is 6.92 Å². The van der Waals surface area contributed by atoms with Crippen molar-refractivity contribution in [2.24, 2.45) is 4.99 Å². The highest BCUT2D eigenvalue weighted by Gasteiger charge is 2.14. The maximum absolute atomic E-state index is 5.41. The van der Waals surface area contributed by atoms with Crippen LogP contribution in [0.2, 0.25) is 0 Å². The first kappa shape index (κ1) is 21.5. The summed E-state index contributed by atoms with van der Waals surface area (Å²) in [5.74, 6) is 1.86. The molecule has 6 nitrogen and oxygen atoms in total. The number of guanidine groups is 1. The van der Waals surface area contributed by atoms with Crippen molar-refractivity contribution in [3.05, 3.63) is 29.3 Å². The number of aliphatic imine (C=N–C) groups is 1. The lowest BCUT2D eigenvalue weighted by Crippen LogP contribution is -2.47. The molecule has 1 fully saturated rings. The van der Waals surface area contributed by atoms with Crippen molar-refractivity contribution in [3.63, 3.8) is 0 Å². The molecule has 1 aliphatic heterocycles. The van der Waals surface area contributed by atoms with Crippen molar-refractivity contribution in [1.29, 1.82) is 0 Å². The topological polar surface area (TPSA) is 52.1 Å². The van der Waals surface area contributed by atoms with Crippen LogP contribution in [0.4, 0.5) is 0 Å². The molecule has 1 aromatic carbocycles. The van der Waals surface area contributed by atoms with E-state index in [0.717, 1.165) is 63.9 Å². The van der Waals surface area contributed by atoms with E-state index >= 15 is 0 Å². The molecule has 0 amide bonds. The second-order valence-corrected chi connectivity index (χ2v) is 7.02. The summed E-state index contributed by atoms with van der Waals surface area (Å²) in [7, 11) is 1.72. The van der Waals surface area contributed by atoms with Crippen molar-refractivity contribution < 1.29 is 4.74 Å². The van der Waals surface area contributed by atoms with E-state index in [0.29, 0.717) is 0 Å². The number of nitrogens with zero attached hydrogens (tertiary/aromatic N) is 3. The van der Waals surface area contributed by atoms with E-state index in [4.69, 9.17) is 9.73 Å². The van der Waals surface area contributed by atoms with E-state index in [1.54, 1.807) is 7.11 Å². The average molecular weight is 376 g/mol. The van der Waals surface area contributed by atoms with Crippen LogP contribution in [0.3, 0.4) is 0 Å². The summed E-state index contributed by atoms with van der Waals surface area (Å²) < 4.78 is 5.41. The lowest BCUT2D eigenvalue weighted by Gasteiger charge is -2.33. The molecule has 0 atom stereocenters. The monoisotopic (exact) mass is 375 g/mol. The van der Waals surface area contributed by atoms with E-state index in [-0.39, 0.29) is 0 Å². The standard InChI is InChI=1S/C21H37N5O/c1-5-22-21(24-11-12-26-15-13-25(6-2)14-16-26)23-10-9-19-8-7-18(3)20(17-19)27-4/h7-8,17H,5-6,9-16H2,1-4H3,(H2,22,23,24). The number of hydrogen-bond acceptors (Lipinski definition) is 4. The highest BCUT2D eigenvalue weighted by Crippen LogP contribution is 2.18. The Morgan fingerprint density at radius 3 is 2.52 bits per heavy atom. The molecule has 1 saturated heterocycles. The van der Waals surface area contributed by atoms with Crippen molar-refractivity contribution in [2.75, 3.05) is 66.0 Å². The van der Waals surface area contributed by atoms with Gasteiger partial charge in [-0.2, -0.15) is 0 Å². The smallest absolute Gasteiger partial charge is 0.191 e. The molecule has 2 rings (SSSR count). The van der Waals surface area contributed by atoms with Crippen LogP contribution in [0.1, 0.15) is 25.0 Å². The molecule has 0 spiro atoms. The second-order valence-electron chi connectivity index (χ2n) is 7.02. The number of rotatable bonds is 9. The SMILES string of the molecule is CCNC(=NCCN1CCN(CC)CC1)NCCc1ccc(C)c(OC)c1. The van der Waals surface area contributed by atoms with Gasteiger partial charge in [-0.25, -0.2) is 0 Å². The lowest BCUT2D eigenvalue weighted by atomic mass is 10.1. The van der Waals surface area contributed by atoms with Crippen LogP contribution in [0.5, 0.6) is 5.75 Å². The summed E-state index contributed by atoms with van der Waals surface area (Å²) in [5.41, 5.74) is 2.44. The largest absolute Gasteiger partial charge is 0.496 e. The zero-order valence-corrected chi connectivity index (χ0v) is 17.6. The summed E-state index contributed by atoms with van der Waals surface area (Å²) in [6, 6.07) is 6.41. The third-order valence-electron chi connectivity index (χ3n) is 5.12. The van der Waals surface area contributed by atoms with E-state index in [9.17, 15) is 0 Å². The molecule has 6 heteroatoms. The van der Waals surface area contributed by atoms with Gasteiger partial charge in [-0.05, 0) is 44.0 Å². The minimum Gasteiger partial charge on any atom is -0.496 e. The molecule has 2 N–H and O–H groups in total. The van der Waals surface area contributed by atoms with Gasteiger partial charge in [0.2, 0.25) is 0 Å². The minimum absolute atomic E-state index is 0.833. The molecule has 1 aliphatic rings. The predicted octanol–water partition coefficient (Wildman–Crippen LogP) is 1.74. The van der Waals surface area contributed by atoms with Gasteiger partial charge in [0, 0.05) is 45.8 Å². The van der Waals surface area contributed by atoms with Crippen LogP contribution in [-0.2, 0) is 6.42 Å². The Balaban J connectivity index is 1.75. The van der Waals surface area contributed by atoms with E-state index in [1.165, 1.54) is 24.2 Å². The highest BCUT2D eigenvalue weighted by molar-refractivity contribution is 5.79. The number of likely N-dealkylation sites (N-methyl/N-ethyl adjacent to an activating group) is 1. The number of piperazine rings is 1. The van der Waals surface area contributed by atoms with Gasteiger partial charge in [0.25, 0.3) is 0 Å². The van der Waals surface area contributed by atoms with E-state index < -0.39 is 0 Å². The summed E-state index contributed by atoms with van der Waals surface area (Å²) in [4.78, 5) is 9.76. The number of methoxy groups -OCH3 is 1. The first-order valence-electron chi connectivity index (χ1n) is 10.3. The first-order valence-corrected chi connectivity index (χ1v) is 10.3. The Labute approximate surface area is 165 Å². The number of nitrogens with one attached hydrogen (secondary N) is 2. The molecule has 0 aromatic heterocycles. The van der Waals surface area contributed by atoms with Crippen molar-refractivity contribution in [2.45, 2.75) is 27.2 Å². The lowest BCUT2D eigenvalue weighted by molar-refractivity contribution is 0.140. The Morgan fingerprint density at radius 2 is 1.85 bits per heavy atom. The van der Waals surface area contributed by atoms with Crippen LogP contribution in [0.25, 0.3) is 0 Å². The third kappa shape index (κ3) is 7.39. The molecule has 0 aliphatic carbocycles. The molecule has 0 bridgehead atoms. The third-order valence-corrected chi connectivity index (χ3v) is 5.12. The first-order chi connectivity index (χ1) is 13.2. The number of aryl methyl sites for hydroxylation is 1. The van der Waals surface area contributed by atoms with Gasteiger partial charge in [0.1, 0.15) is 5.75 Å². The number of ether oxygens (including phenoxy) is 1. The Kier molecular flexibility index (Phi) is 9.42. The average Bonchev–Trinajstić information content (AvgIpc) is 2.69. The number of hydrogen-bond donors (Lipinski definition) is 2. The summed E-state index contributed by atoms with van der Waals surface area (Å²) in [6.07, 6.45) is 0.944. The normalized spacial score (nSPS) is 16.4. The summed E-state index contributed by atoms with van der Waals surface area (Å²) >= 11 is 0. The molecular weight excluding hydrogens is 338 g/mol.